The van der Waals surface area contributed by atoms with Crippen LogP contribution >= 0.6 is 15.9 Å². The van der Waals surface area contributed by atoms with E-state index in [0.29, 0.717) is 13.0 Å². The summed E-state index contributed by atoms with van der Waals surface area (Å²) < 4.78 is 1.01. The smallest absolute Gasteiger partial charge is 0.226 e. The van der Waals surface area contributed by atoms with E-state index >= 15 is 0 Å². The van der Waals surface area contributed by atoms with Crippen molar-refractivity contribution in [2.45, 2.75) is 25.8 Å². The van der Waals surface area contributed by atoms with Crippen molar-refractivity contribution in [2.75, 3.05) is 13.6 Å². The van der Waals surface area contributed by atoms with Gasteiger partial charge in [-0.05, 0) is 31.5 Å². The molecule has 1 aromatic rings. The van der Waals surface area contributed by atoms with Crippen molar-refractivity contribution in [3.8, 4) is 0 Å². The standard InChI is InChI=1S/C15H19BrN2O2/c1-15(2,11-4-6-12(16)7-5-11)17-14(20)10-8-13(19)18(3)9-10/h4-7,10H,8-9H2,1-3H3,(H,17,20)/t10-/m0/s1. The van der Waals surface area contributed by atoms with Crippen molar-refractivity contribution < 1.29 is 9.59 Å². The number of carbonyl (C=O) groups is 2. The summed E-state index contributed by atoms with van der Waals surface area (Å²) in [7, 11) is 1.73. The third kappa shape index (κ3) is 3.20. The summed E-state index contributed by atoms with van der Waals surface area (Å²) in [4.78, 5) is 25.4. The van der Waals surface area contributed by atoms with Gasteiger partial charge in [0, 0.05) is 24.5 Å². The summed E-state index contributed by atoms with van der Waals surface area (Å²) >= 11 is 3.40. The predicted octanol–water partition coefficient (Wildman–Crippen LogP) is 2.28. The van der Waals surface area contributed by atoms with Crippen molar-refractivity contribution in [3.63, 3.8) is 0 Å². The highest BCUT2D eigenvalue weighted by Gasteiger charge is 2.34. The van der Waals surface area contributed by atoms with E-state index < -0.39 is 5.54 Å². The first-order chi connectivity index (χ1) is 9.29. The zero-order chi connectivity index (χ0) is 14.9. The maximum atomic E-state index is 12.3. The Bertz CT molecular complexity index is 525. The molecule has 4 nitrogen and oxygen atoms in total. The quantitative estimate of drug-likeness (QED) is 0.919. The highest BCUT2D eigenvalue weighted by molar-refractivity contribution is 9.10. The van der Waals surface area contributed by atoms with Crippen LogP contribution in [0.3, 0.4) is 0 Å². The van der Waals surface area contributed by atoms with Crippen molar-refractivity contribution in [1.82, 2.24) is 10.2 Å². The second kappa shape index (κ2) is 5.56. The van der Waals surface area contributed by atoms with Crippen LogP contribution < -0.4 is 5.32 Å². The first-order valence-corrected chi connectivity index (χ1v) is 7.41. The second-order valence-corrected chi connectivity index (χ2v) is 6.71. The van der Waals surface area contributed by atoms with Crippen molar-refractivity contribution >= 4 is 27.7 Å². The van der Waals surface area contributed by atoms with Gasteiger partial charge in [-0.3, -0.25) is 9.59 Å². The molecule has 0 spiro atoms. The molecule has 1 aliphatic rings. The summed E-state index contributed by atoms with van der Waals surface area (Å²) in [5.41, 5.74) is 0.578. The fourth-order valence-electron chi connectivity index (χ4n) is 2.39. The molecule has 20 heavy (non-hydrogen) atoms. The average molecular weight is 339 g/mol. The molecule has 5 heteroatoms. The molecular weight excluding hydrogens is 320 g/mol. The van der Waals surface area contributed by atoms with E-state index in [0.717, 1.165) is 10.0 Å². The molecule has 0 aliphatic carbocycles. The van der Waals surface area contributed by atoms with Crippen molar-refractivity contribution in [3.05, 3.63) is 34.3 Å². The topological polar surface area (TPSA) is 49.4 Å². The molecule has 0 radical (unpaired) electrons. The number of nitrogens with zero attached hydrogens (tertiary/aromatic N) is 1. The number of rotatable bonds is 3. The van der Waals surface area contributed by atoms with Gasteiger partial charge in [0.2, 0.25) is 11.8 Å². The molecule has 1 aromatic carbocycles. The van der Waals surface area contributed by atoms with Crippen LogP contribution in [0.4, 0.5) is 0 Å². The van der Waals surface area contributed by atoms with Crippen LogP contribution in [0.1, 0.15) is 25.8 Å². The highest BCUT2D eigenvalue weighted by atomic mass is 79.9. The van der Waals surface area contributed by atoms with Crippen LogP contribution in [0.15, 0.2) is 28.7 Å². The molecule has 0 unspecified atom stereocenters. The van der Waals surface area contributed by atoms with Gasteiger partial charge in [0.05, 0.1) is 11.5 Å². The van der Waals surface area contributed by atoms with E-state index in [-0.39, 0.29) is 17.7 Å². The lowest BCUT2D eigenvalue weighted by molar-refractivity contribution is -0.129. The third-order valence-corrected chi connectivity index (χ3v) is 4.24. The molecule has 2 amide bonds. The monoisotopic (exact) mass is 338 g/mol. The van der Waals surface area contributed by atoms with Gasteiger partial charge >= 0.3 is 0 Å². The minimum Gasteiger partial charge on any atom is -0.347 e. The van der Waals surface area contributed by atoms with Crippen LogP contribution in [0.5, 0.6) is 0 Å². The summed E-state index contributed by atoms with van der Waals surface area (Å²) in [5, 5.41) is 3.04. The SMILES string of the molecule is CN1C[C@@H](C(=O)NC(C)(C)c2ccc(Br)cc2)CC1=O. The predicted molar refractivity (Wildman–Crippen MR) is 81.1 cm³/mol. The average Bonchev–Trinajstić information content (AvgIpc) is 2.70. The maximum absolute atomic E-state index is 12.3. The van der Waals surface area contributed by atoms with E-state index in [9.17, 15) is 9.59 Å². The third-order valence-electron chi connectivity index (χ3n) is 3.71. The van der Waals surface area contributed by atoms with Crippen LogP contribution in [0.2, 0.25) is 0 Å². The lowest BCUT2D eigenvalue weighted by Crippen LogP contribution is -2.44. The second-order valence-electron chi connectivity index (χ2n) is 5.80. The number of nitrogens with one attached hydrogen (secondary N) is 1. The number of benzene rings is 1. The van der Waals surface area contributed by atoms with Gasteiger partial charge in [-0.15, -0.1) is 0 Å². The molecule has 108 valence electrons. The normalized spacial score (nSPS) is 19.3. The largest absolute Gasteiger partial charge is 0.347 e. The molecule has 2 rings (SSSR count). The molecular formula is C15H19BrN2O2. The molecule has 1 heterocycles. The number of likely N-dealkylation sites (tertiary alicyclic amines) is 1. The zero-order valence-electron chi connectivity index (χ0n) is 11.9. The molecule has 0 saturated carbocycles. The Morgan fingerprint density at radius 3 is 2.45 bits per heavy atom. The number of carbonyl (C=O) groups excluding carboxylic acids is 2. The zero-order valence-corrected chi connectivity index (χ0v) is 13.5. The number of amides is 2. The first-order valence-electron chi connectivity index (χ1n) is 6.61. The molecule has 1 saturated heterocycles. The lowest BCUT2D eigenvalue weighted by Gasteiger charge is -2.28. The van der Waals surface area contributed by atoms with E-state index in [1.54, 1.807) is 11.9 Å². The fraction of sp³-hybridized carbons (Fsp3) is 0.467. The summed E-state index contributed by atoms with van der Waals surface area (Å²) in [6.07, 6.45) is 0.304. The van der Waals surface area contributed by atoms with E-state index in [1.165, 1.54) is 0 Å². The van der Waals surface area contributed by atoms with Crippen LogP contribution in [0.25, 0.3) is 0 Å². The minimum atomic E-state index is -0.456. The van der Waals surface area contributed by atoms with Gasteiger partial charge < -0.3 is 10.2 Å². The first kappa shape index (κ1) is 15.0. The summed E-state index contributed by atoms with van der Waals surface area (Å²) in [6.45, 7) is 4.43. The Balaban J connectivity index is 2.06. The fourth-order valence-corrected chi connectivity index (χ4v) is 2.65. The Labute approximate surface area is 127 Å². The van der Waals surface area contributed by atoms with Crippen molar-refractivity contribution in [2.24, 2.45) is 5.92 Å². The highest BCUT2D eigenvalue weighted by Crippen LogP contribution is 2.24. The van der Waals surface area contributed by atoms with Crippen LogP contribution in [0, 0.1) is 5.92 Å². The Kier molecular flexibility index (Phi) is 4.18. The van der Waals surface area contributed by atoms with Gasteiger partial charge in [0.25, 0.3) is 0 Å². The van der Waals surface area contributed by atoms with Crippen molar-refractivity contribution in [1.29, 1.82) is 0 Å². The van der Waals surface area contributed by atoms with E-state index in [4.69, 9.17) is 0 Å². The van der Waals surface area contributed by atoms with Gasteiger partial charge in [0.15, 0.2) is 0 Å². The van der Waals surface area contributed by atoms with Gasteiger partial charge in [-0.1, -0.05) is 28.1 Å². The lowest BCUT2D eigenvalue weighted by atomic mass is 9.93. The Morgan fingerprint density at radius 2 is 1.95 bits per heavy atom. The molecule has 0 bridgehead atoms. The summed E-state index contributed by atoms with van der Waals surface area (Å²) in [5.74, 6) is -0.274. The van der Waals surface area contributed by atoms with Crippen LogP contribution in [-0.4, -0.2) is 30.3 Å². The molecule has 1 N–H and O–H groups in total. The molecule has 1 aliphatic heterocycles. The molecule has 1 atom stereocenters. The van der Waals surface area contributed by atoms with Gasteiger partial charge in [-0.2, -0.15) is 0 Å². The Morgan fingerprint density at radius 1 is 1.35 bits per heavy atom. The molecule has 1 fully saturated rings. The maximum Gasteiger partial charge on any atom is 0.226 e. The van der Waals surface area contributed by atoms with E-state index in [1.807, 2.05) is 38.1 Å². The van der Waals surface area contributed by atoms with Gasteiger partial charge in [-0.25, -0.2) is 0 Å². The molecule has 0 aromatic heterocycles. The minimum absolute atomic E-state index is 0.0339. The van der Waals surface area contributed by atoms with Gasteiger partial charge in [0.1, 0.15) is 0 Å². The Hall–Kier alpha value is -1.36. The van der Waals surface area contributed by atoms with E-state index in [2.05, 4.69) is 21.2 Å². The van der Waals surface area contributed by atoms with Crippen LogP contribution in [-0.2, 0) is 15.1 Å². The number of halogens is 1. The number of hydrogen-bond donors (Lipinski definition) is 1. The number of hydrogen-bond acceptors (Lipinski definition) is 2. The summed E-state index contributed by atoms with van der Waals surface area (Å²) in [6, 6.07) is 7.87.